The monoisotopic (exact) mass is 257 g/mol. The number of nitrogens with one attached hydrogen (secondary N) is 1. The maximum absolute atomic E-state index is 10.8. The van der Waals surface area contributed by atoms with Gasteiger partial charge in [0, 0.05) is 5.69 Å². The highest BCUT2D eigenvalue weighted by molar-refractivity contribution is 8.23. The first-order valence-electron chi connectivity index (χ1n) is 4.41. The van der Waals surface area contributed by atoms with E-state index in [4.69, 9.17) is 17.3 Å². The van der Waals surface area contributed by atoms with Crippen molar-refractivity contribution < 1.29 is 14.6 Å². The Bertz CT molecular complexity index is 378. The summed E-state index contributed by atoms with van der Waals surface area (Å²) in [6, 6.07) is 6.49. The van der Waals surface area contributed by atoms with Crippen molar-refractivity contribution in [3.05, 3.63) is 24.3 Å². The summed E-state index contributed by atoms with van der Waals surface area (Å²) in [6.07, 6.45) is 0. The number of carbonyl (C=O) groups excluding carboxylic acids is 1. The molecule has 0 saturated carbocycles. The molecule has 0 radical (unpaired) electrons. The van der Waals surface area contributed by atoms with Crippen molar-refractivity contribution in [2.24, 2.45) is 0 Å². The molecule has 0 aromatic heterocycles. The van der Waals surface area contributed by atoms with Gasteiger partial charge in [-0.25, -0.2) is 0 Å². The third-order valence-electron chi connectivity index (χ3n) is 1.66. The predicted octanol–water partition coefficient (Wildman–Crippen LogP) is 2.00. The van der Waals surface area contributed by atoms with Gasteiger partial charge in [-0.3, -0.25) is 4.79 Å². The zero-order valence-corrected chi connectivity index (χ0v) is 10.2. The zero-order chi connectivity index (χ0) is 12.0. The highest BCUT2D eigenvalue weighted by Crippen LogP contribution is 2.16. The van der Waals surface area contributed by atoms with E-state index < -0.39 is 0 Å². The number of carbonyl (C=O) groups is 1. The van der Waals surface area contributed by atoms with Crippen molar-refractivity contribution in [2.75, 3.05) is 18.2 Å². The standard InChI is InChI=1S/C10H11NO3S2/c1-14-9(13)6-16-10(15)11-7-2-4-8(12)5-3-7/h2-5,12H,6H2,1H3,(H,11,15). The van der Waals surface area contributed by atoms with E-state index >= 15 is 0 Å². The van der Waals surface area contributed by atoms with Crippen molar-refractivity contribution in [3.8, 4) is 5.75 Å². The normalized spacial score (nSPS) is 9.56. The lowest BCUT2D eigenvalue weighted by Gasteiger charge is -2.06. The quantitative estimate of drug-likeness (QED) is 0.490. The van der Waals surface area contributed by atoms with E-state index in [2.05, 4.69) is 10.1 Å². The molecular formula is C10H11NO3S2. The second-order valence-corrected chi connectivity index (χ2v) is 4.48. The smallest absolute Gasteiger partial charge is 0.316 e. The van der Waals surface area contributed by atoms with Crippen LogP contribution in [-0.4, -0.2) is 28.3 Å². The molecule has 0 fully saturated rings. The molecule has 0 bridgehead atoms. The molecule has 1 aromatic carbocycles. The Labute approximate surface area is 103 Å². The number of thiocarbonyl (C=S) groups is 1. The average molecular weight is 257 g/mol. The van der Waals surface area contributed by atoms with E-state index in [-0.39, 0.29) is 17.5 Å². The summed E-state index contributed by atoms with van der Waals surface area (Å²) in [5, 5.41) is 12.0. The summed E-state index contributed by atoms with van der Waals surface area (Å²) in [5.74, 6) is 0.0546. The van der Waals surface area contributed by atoms with Gasteiger partial charge in [-0.15, -0.1) is 0 Å². The highest BCUT2D eigenvalue weighted by atomic mass is 32.2. The molecule has 86 valence electrons. The van der Waals surface area contributed by atoms with Crippen LogP contribution in [0.2, 0.25) is 0 Å². The lowest BCUT2D eigenvalue weighted by molar-refractivity contribution is -0.137. The van der Waals surface area contributed by atoms with Gasteiger partial charge in [0.25, 0.3) is 0 Å². The highest BCUT2D eigenvalue weighted by Gasteiger charge is 2.04. The lowest BCUT2D eigenvalue weighted by atomic mass is 10.3. The molecule has 0 aliphatic rings. The van der Waals surface area contributed by atoms with E-state index in [1.165, 1.54) is 18.9 Å². The minimum absolute atomic E-state index is 0.181. The van der Waals surface area contributed by atoms with E-state index in [1.54, 1.807) is 24.3 Å². The van der Waals surface area contributed by atoms with Crippen LogP contribution in [0.25, 0.3) is 0 Å². The second-order valence-electron chi connectivity index (χ2n) is 2.82. The van der Waals surface area contributed by atoms with Crippen LogP contribution in [0.5, 0.6) is 5.75 Å². The van der Waals surface area contributed by atoms with Gasteiger partial charge in [0.15, 0.2) is 0 Å². The molecule has 6 heteroatoms. The SMILES string of the molecule is COC(=O)CSC(=S)Nc1ccc(O)cc1. The number of phenolic OH excluding ortho intramolecular Hbond substituents is 1. The van der Waals surface area contributed by atoms with Crippen LogP contribution in [0.3, 0.4) is 0 Å². The van der Waals surface area contributed by atoms with Crippen LogP contribution in [-0.2, 0) is 9.53 Å². The van der Waals surface area contributed by atoms with Crippen LogP contribution in [0, 0.1) is 0 Å². The number of phenols is 1. The van der Waals surface area contributed by atoms with Gasteiger partial charge in [-0.2, -0.15) is 0 Å². The first kappa shape index (κ1) is 12.8. The number of anilines is 1. The van der Waals surface area contributed by atoms with Crippen LogP contribution >= 0.6 is 24.0 Å². The largest absolute Gasteiger partial charge is 0.508 e. The Kier molecular flexibility index (Phi) is 5.07. The molecular weight excluding hydrogens is 246 g/mol. The first-order chi connectivity index (χ1) is 7.61. The van der Waals surface area contributed by atoms with E-state index in [0.717, 1.165) is 5.69 Å². The van der Waals surface area contributed by atoms with Crippen LogP contribution in [0.4, 0.5) is 5.69 Å². The number of thioether (sulfide) groups is 1. The van der Waals surface area contributed by atoms with Gasteiger partial charge in [0.1, 0.15) is 10.1 Å². The molecule has 16 heavy (non-hydrogen) atoms. The number of ether oxygens (including phenoxy) is 1. The fourth-order valence-corrected chi connectivity index (χ4v) is 1.73. The fraction of sp³-hybridized carbons (Fsp3) is 0.200. The molecule has 0 aliphatic heterocycles. The van der Waals surface area contributed by atoms with Gasteiger partial charge in [0.2, 0.25) is 0 Å². The van der Waals surface area contributed by atoms with Gasteiger partial charge < -0.3 is 15.2 Å². The van der Waals surface area contributed by atoms with E-state index in [9.17, 15) is 4.79 Å². The fourth-order valence-electron chi connectivity index (χ4n) is 0.882. The Morgan fingerprint density at radius 3 is 2.69 bits per heavy atom. The molecule has 0 amide bonds. The molecule has 0 aliphatic carbocycles. The summed E-state index contributed by atoms with van der Waals surface area (Å²) in [5.41, 5.74) is 0.764. The van der Waals surface area contributed by atoms with E-state index in [0.29, 0.717) is 4.32 Å². The van der Waals surface area contributed by atoms with Crippen molar-refractivity contribution in [2.45, 2.75) is 0 Å². The molecule has 0 atom stereocenters. The average Bonchev–Trinajstić information content (AvgIpc) is 2.29. The summed E-state index contributed by atoms with van der Waals surface area (Å²) in [6.45, 7) is 0. The van der Waals surface area contributed by atoms with Crippen LogP contribution in [0.15, 0.2) is 24.3 Å². The summed E-state index contributed by atoms with van der Waals surface area (Å²) < 4.78 is 4.97. The molecule has 2 N–H and O–H groups in total. The Morgan fingerprint density at radius 1 is 1.50 bits per heavy atom. The van der Waals surface area contributed by atoms with Crippen molar-refractivity contribution in [3.63, 3.8) is 0 Å². The van der Waals surface area contributed by atoms with Gasteiger partial charge >= 0.3 is 5.97 Å². The maximum atomic E-state index is 10.8. The lowest BCUT2D eigenvalue weighted by Crippen LogP contribution is -2.10. The Morgan fingerprint density at radius 2 is 2.12 bits per heavy atom. The Balaban J connectivity index is 2.40. The molecule has 1 aromatic rings. The minimum atomic E-state index is -0.320. The number of benzene rings is 1. The number of rotatable bonds is 3. The van der Waals surface area contributed by atoms with Crippen molar-refractivity contribution >= 4 is 40.0 Å². The number of hydrogen-bond donors (Lipinski definition) is 2. The number of esters is 1. The van der Waals surface area contributed by atoms with Gasteiger partial charge in [-0.05, 0) is 24.3 Å². The maximum Gasteiger partial charge on any atom is 0.316 e. The van der Waals surface area contributed by atoms with Gasteiger partial charge in [0.05, 0.1) is 12.9 Å². The molecule has 0 heterocycles. The van der Waals surface area contributed by atoms with E-state index in [1.807, 2.05) is 0 Å². The summed E-state index contributed by atoms with van der Waals surface area (Å²) in [4.78, 5) is 10.8. The predicted molar refractivity (Wildman–Crippen MR) is 68.8 cm³/mol. The Hall–Kier alpha value is -1.27. The number of methoxy groups -OCH3 is 1. The third kappa shape index (κ3) is 4.50. The zero-order valence-electron chi connectivity index (χ0n) is 8.60. The third-order valence-corrected chi connectivity index (χ3v) is 2.86. The second kappa shape index (κ2) is 6.34. The summed E-state index contributed by atoms with van der Waals surface area (Å²) in [7, 11) is 1.33. The topological polar surface area (TPSA) is 58.6 Å². The number of aromatic hydroxyl groups is 1. The number of hydrogen-bond acceptors (Lipinski definition) is 5. The van der Waals surface area contributed by atoms with Crippen molar-refractivity contribution in [1.29, 1.82) is 0 Å². The van der Waals surface area contributed by atoms with Gasteiger partial charge in [-0.1, -0.05) is 24.0 Å². The molecule has 0 saturated heterocycles. The molecule has 0 spiro atoms. The minimum Gasteiger partial charge on any atom is -0.508 e. The van der Waals surface area contributed by atoms with Crippen LogP contribution in [0.1, 0.15) is 0 Å². The molecule has 1 rings (SSSR count). The van der Waals surface area contributed by atoms with Crippen molar-refractivity contribution in [1.82, 2.24) is 0 Å². The molecule has 0 unspecified atom stereocenters. The summed E-state index contributed by atoms with van der Waals surface area (Å²) >= 11 is 6.21. The first-order valence-corrected chi connectivity index (χ1v) is 5.81. The molecule has 4 nitrogen and oxygen atoms in total. The van der Waals surface area contributed by atoms with Crippen LogP contribution < -0.4 is 5.32 Å².